The van der Waals surface area contributed by atoms with Gasteiger partial charge in [-0.3, -0.25) is 4.40 Å². The number of hydrogen-bond donors (Lipinski definition) is 0. The highest BCUT2D eigenvalue weighted by Gasteiger charge is 2.06. The van der Waals surface area contributed by atoms with E-state index in [1.165, 1.54) is 10.2 Å². The van der Waals surface area contributed by atoms with Crippen molar-refractivity contribution in [2.45, 2.75) is 6.92 Å². The fourth-order valence-electron chi connectivity index (χ4n) is 1.59. The number of thiazole rings is 1. The van der Waals surface area contributed by atoms with Crippen molar-refractivity contribution in [2.24, 2.45) is 0 Å². The third-order valence-corrected chi connectivity index (χ3v) is 3.43. The molecule has 2 heterocycles. The molecule has 0 aliphatic heterocycles. The van der Waals surface area contributed by atoms with Gasteiger partial charge in [0.2, 0.25) is 0 Å². The summed E-state index contributed by atoms with van der Waals surface area (Å²) in [6.07, 6.45) is 2.04. The van der Waals surface area contributed by atoms with E-state index in [0.29, 0.717) is 0 Å². The molecule has 0 N–H and O–H groups in total. The average molecular weight is 223 g/mol. The molecule has 2 nitrogen and oxygen atoms in total. The lowest BCUT2D eigenvalue weighted by Gasteiger charge is -1.90. The molecule has 0 radical (unpaired) electrons. The first-order valence-electron chi connectivity index (χ1n) is 4.28. The number of aromatic nitrogens is 2. The van der Waals surface area contributed by atoms with Gasteiger partial charge < -0.3 is 0 Å². The van der Waals surface area contributed by atoms with Gasteiger partial charge in [0.1, 0.15) is 0 Å². The van der Waals surface area contributed by atoms with Crippen LogP contribution in [0.4, 0.5) is 0 Å². The Hall–Kier alpha value is -1.06. The molecule has 0 aliphatic rings. The molecule has 0 aliphatic carbocycles. The summed E-state index contributed by atoms with van der Waals surface area (Å²) >= 11 is 7.59. The third-order valence-electron chi connectivity index (χ3n) is 2.18. The molecular weight excluding hydrogens is 216 g/mol. The molecule has 4 heteroatoms. The van der Waals surface area contributed by atoms with Crippen LogP contribution in [0.2, 0.25) is 5.02 Å². The Kier molecular flexibility index (Phi) is 1.60. The molecule has 1 aromatic carbocycles. The van der Waals surface area contributed by atoms with Gasteiger partial charge in [-0.15, -0.1) is 0 Å². The molecular formula is C10H7ClN2S. The standard InChI is InChI=1S/C10H7ClN2S/c1-6-5-13-8-3-2-7(11)4-9(8)14-10(13)12-6/h2-5H,1H3. The Labute approximate surface area is 89.8 Å². The van der Waals surface area contributed by atoms with Crippen molar-refractivity contribution in [1.82, 2.24) is 9.38 Å². The fourth-order valence-corrected chi connectivity index (χ4v) is 2.92. The lowest BCUT2D eigenvalue weighted by atomic mass is 10.3. The number of benzene rings is 1. The summed E-state index contributed by atoms with van der Waals surface area (Å²) in [6, 6.07) is 5.92. The van der Waals surface area contributed by atoms with Crippen molar-refractivity contribution in [2.75, 3.05) is 0 Å². The first kappa shape index (κ1) is 8.26. The zero-order chi connectivity index (χ0) is 9.71. The second-order valence-electron chi connectivity index (χ2n) is 3.25. The smallest absolute Gasteiger partial charge is 0.194 e. The maximum atomic E-state index is 5.92. The highest BCUT2D eigenvalue weighted by Crippen LogP contribution is 2.28. The Bertz CT molecular complexity index is 620. The van der Waals surface area contributed by atoms with Crippen LogP contribution in [-0.4, -0.2) is 9.38 Å². The monoisotopic (exact) mass is 222 g/mol. The van der Waals surface area contributed by atoms with Gasteiger partial charge in [0.25, 0.3) is 0 Å². The summed E-state index contributed by atoms with van der Waals surface area (Å²) < 4.78 is 3.28. The maximum absolute atomic E-state index is 5.92. The molecule has 0 fully saturated rings. The molecule has 3 aromatic rings. The SMILES string of the molecule is Cc1cn2c(n1)sc1cc(Cl)ccc12. The van der Waals surface area contributed by atoms with Gasteiger partial charge in [0.05, 0.1) is 15.9 Å². The van der Waals surface area contributed by atoms with Gasteiger partial charge in [0.15, 0.2) is 4.96 Å². The van der Waals surface area contributed by atoms with Crippen LogP contribution >= 0.6 is 22.9 Å². The molecule has 0 amide bonds. The lowest BCUT2D eigenvalue weighted by molar-refractivity contribution is 1.28. The quantitative estimate of drug-likeness (QED) is 0.569. The minimum Gasteiger partial charge on any atom is -0.290 e. The highest BCUT2D eigenvalue weighted by atomic mass is 35.5. The Morgan fingerprint density at radius 2 is 2.29 bits per heavy atom. The first-order chi connectivity index (χ1) is 6.74. The summed E-state index contributed by atoms with van der Waals surface area (Å²) in [5.74, 6) is 0. The first-order valence-corrected chi connectivity index (χ1v) is 5.47. The van der Waals surface area contributed by atoms with Crippen molar-refractivity contribution in [3.05, 3.63) is 35.1 Å². The predicted molar refractivity (Wildman–Crippen MR) is 60.3 cm³/mol. The molecule has 0 saturated heterocycles. The fraction of sp³-hybridized carbons (Fsp3) is 0.100. The summed E-state index contributed by atoms with van der Waals surface area (Å²) in [7, 11) is 0. The predicted octanol–water partition coefficient (Wildman–Crippen LogP) is 3.51. The number of halogens is 1. The van der Waals surface area contributed by atoms with Crippen LogP contribution in [-0.2, 0) is 0 Å². The summed E-state index contributed by atoms with van der Waals surface area (Å²) in [4.78, 5) is 5.45. The molecule has 70 valence electrons. The largest absolute Gasteiger partial charge is 0.290 e. The van der Waals surface area contributed by atoms with Gasteiger partial charge in [0, 0.05) is 11.2 Å². The van der Waals surface area contributed by atoms with Crippen LogP contribution in [0.5, 0.6) is 0 Å². The van der Waals surface area contributed by atoms with Crippen molar-refractivity contribution < 1.29 is 0 Å². The Morgan fingerprint density at radius 3 is 3.14 bits per heavy atom. The molecule has 0 unspecified atom stereocenters. The van der Waals surface area contributed by atoms with Crippen LogP contribution in [0.15, 0.2) is 24.4 Å². The van der Waals surface area contributed by atoms with E-state index in [1.807, 2.05) is 31.3 Å². The van der Waals surface area contributed by atoms with Gasteiger partial charge in [-0.2, -0.15) is 0 Å². The minimum absolute atomic E-state index is 0.777. The molecule has 2 aromatic heterocycles. The topological polar surface area (TPSA) is 17.3 Å². The normalized spacial score (nSPS) is 11.6. The highest BCUT2D eigenvalue weighted by molar-refractivity contribution is 7.23. The van der Waals surface area contributed by atoms with Crippen LogP contribution in [0.1, 0.15) is 5.69 Å². The summed E-state index contributed by atoms with van der Waals surface area (Å²) in [5, 5.41) is 0.777. The van der Waals surface area contributed by atoms with Crippen LogP contribution in [0, 0.1) is 6.92 Å². The third kappa shape index (κ3) is 1.06. The molecule has 3 rings (SSSR count). The second-order valence-corrected chi connectivity index (χ2v) is 4.69. The number of aryl methyl sites for hydroxylation is 1. The Balaban J connectivity index is 2.52. The lowest BCUT2D eigenvalue weighted by Crippen LogP contribution is -1.75. The second kappa shape index (κ2) is 2.72. The van der Waals surface area contributed by atoms with E-state index in [1.54, 1.807) is 11.3 Å². The Morgan fingerprint density at radius 1 is 1.43 bits per heavy atom. The zero-order valence-electron chi connectivity index (χ0n) is 7.49. The molecule has 0 bridgehead atoms. The molecule has 0 atom stereocenters. The molecule has 0 saturated carbocycles. The van der Waals surface area contributed by atoms with Gasteiger partial charge >= 0.3 is 0 Å². The van der Waals surface area contributed by atoms with Crippen molar-refractivity contribution in [3.63, 3.8) is 0 Å². The van der Waals surface area contributed by atoms with Gasteiger partial charge in [-0.25, -0.2) is 4.98 Å². The van der Waals surface area contributed by atoms with Crippen molar-refractivity contribution in [1.29, 1.82) is 0 Å². The van der Waals surface area contributed by atoms with Gasteiger partial charge in [-0.1, -0.05) is 22.9 Å². The van der Waals surface area contributed by atoms with Gasteiger partial charge in [-0.05, 0) is 25.1 Å². The van der Waals surface area contributed by atoms with E-state index < -0.39 is 0 Å². The molecule has 0 spiro atoms. The van der Waals surface area contributed by atoms with E-state index >= 15 is 0 Å². The van der Waals surface area contributed by atoms with E-state index in [4.69, 9.17) is 11.6 Å². The number of hydrogen-bond acceptors (Lipinski definition) is 2. The van der Waals surface area contributed by atoms with Crippen LogP contribution < -0.4 is 0 Å². The minimum atomic E-state index is 0.777. The van der Waals surface area contributed by atoms with Crippen molar-refractivity contribution >= 4 is 38.1 Å². The summed E-state index contributed by atoms with van der Waals surface area (Å²) in [6.45, 7) is 2.00. The van der Waals surface area contributed by atoms with E-state index in [-0.39, 0.29) is 0 Å². The number of rotatable bonds is 0. The van der Waals surface area contributed by atoms with Crippen LogP contribution in [0.3, 0.4) is 0 Å². The number of nitrogens with zero attached hydrogens (tertiary/aromatic N) is 2. The maximum Gasteiger partial charge on any atom is 0.194 e. The average Bonchev–Trinajstić information content (AvgIpc) is 2.59. The summed E-state index contributed by atoms with van der Waals surface area (Å²) in [5.41, 5.74) is 2.23. The zero-order valence-corrected chi connectivity index (χ0v) is 9.06. The van der Waals surface area contributed by atoms with E-state index in [2.05, 4.69) is 9.38 Å². The van der Waals surface area contributed by atoms with Crippen LogP contribution in [0.25, 0.3) is 15.2 Å². The molecule has 14 heavy (non-hydrogen) atoms. The van der Waals surface area contributed by atoms with E-state index in [0.717, 1.165) is 15.7 Å². The van der Waals surface area contributed by atoms with E-state index in [9.17, 15) is 0 Å². The van der Waals surface area contributed by atoms with Crippen molar-refractivity contribution in [3.8, 4) is 0 Å². The number of imidazole rings is 1. The number of fused-ring (bicyclic) bond motifs is 3.